The predicted octanol–water partition coefficient (Wildman–Crippen LogP) is 19.7. The van der Waals surface area contributed by atoms with Crippen molar-refractivity contribution in [3.05, 3.63) is 302 Å². The second kappa shape index (κ2) is 21.2. The lowest BCUT2D eigenvalue weighted by molar-refractivity contribution is 1.06. The predicted molar refractivity (Wildman–Crippen MR) is 348 cm³/mol. The third kappa shape index (κ3) is 8.99. The second-order valence-corrected chi connectivity index (χ2v) is 21.3. The molecule has 0 spiro atoms. The Hall–Kier alpha value is -12.3. The van der Waals surface area contributed by atoms with Crippen molar-refractivity contribution in [1.82, 2.24) is 24.1 Å². The van der Waals surface area contributed by atoms with Crippen molar-refractivity contribution in [3.8, 4) is 113 Å². The average Bonchev–Trinajstić information content (AvgIpc) is 1.91. The van der Waals surface area contributed by atoms with Crippen LogP contribution in [0.5, 0.6) is 0 Å². The molecule has 86 heavy (non-hydrogen) atoms. The first-order valence-corrected chi connectivity index (χ1v) is 28.3. The molecule has 0 aliphatic heterocycles. The molecule has 0 saturated carbocycles. The van der Waals surface area contributed by atoms with Crippen molar-refractivity contribution in [2.24, 2.45) is 0 Å². The summed E-state index contributed by atoms with van der Waals surface area (Å²) in [5, 5.41) is 25.3. The molecule has 398 valence electrons. The molecule has 15 rings (SSSR count). The topological polar surface area (TPSA) is 100 Å². The van der Waals surface area contributed by atoms with Gasteiger partial charge in [0.15, 0.2) is 23.2 Å². The van der Waals surface area contributed by atoms with Gasteiger partial charge in [-0.15, -0.1) is 0 Å². The lowest BCUT2D eigenvalue weighted by Gasteiger charge is -2.18. The summed E-state index contributed by atoms with van der Waals surface area (Å²) >= 11 is 0. The molecule has 3 aromatic heterocycles. The molecule has 0 saturated heterocycles. The van der Waals surface area contributed by atoms with Crippen molar-refractivity contribution < 1.29 is 0 Å². The van der Waals surface area contributed by atoms with Gasteiger partial charge in [-0.1, -0.05) is 182 Å². The van der Waals surface area contributed by atoms with E-state index in [2.05, 4.69) is 208 Å². The number of nitrogens with zero attached hydrogens (tertiary/aromatic N) is 8. The molecule has 8 heteroatoms. The Kier molecular flexibility index (Phi) is 12.5. The maximum Gasteiger partial charge on any atom is 0.189 e. The highest BCUT2D eigenvalue weighted by atomic mass is 15.1. The zero-order chi connectivity index (χ0) is 57.7. The molecule has 0 radical (unpaired) electrons. The molecule has 0 unspecified atom stereocenters. The van der Waals surface area contributed by atoms with Crippen molar-refractivity contribution in [2.45, 2.75) is 0 Å². The maximum atomic E-state index is 10.8. The number of hydrogen-bond donors (Lipinski definition) is 0. The Morgan fingerprint density at radius 3 is 1.03 bits per heavy atom. The quantitative estimate of drug-likeness (QED) is 0.127. The van der Waals surface area contributed by atoms with E-state index in [1.807, 2.05) is 91.0 Å². The molecule has 15 aromatic rings. The van der Waals surface area contributed by atoms with Crippen LogP contribution >= 0.6 is 0 Å². The summed E-state index contributed by atoms with van der Waals surface area (Å²) < 4.78 is 4.56. The molecule has 0 N–H and O–H groups in total. The third-order valence-corrected chi connectivity index (χ3v) is 16.2. The number of benzene rings is 12. The minimum absolute atomic E-state index is 0.354. The van der Waals surface area contributed by atoms with Crippen molar-refractivity contribution in [1.29, 1.82) is 10.5 Å². The SMILES string of the molecule is [C-]#[N+]c1cc(C#N)cc(-c2ccc(-n3c4ccc(-c5ccccc5)cc4c4cc(-c5ccccc5)ccc43)c(-c3nc(-c4ccccc4)nc(-c4cc(C#N)ccc4-n4c5ccc(-c6ccccc6)cc5c5cc(-c6ccccc6)ccc54)n3)c2)c1. The van der Waals surface area contributed by atoms with Gasteiger partial charge in [0.2, 0.25) is 0 Å². The van der Waals surface area contributed by atoms with Crippen molar-refractivity contribution >= 4 is 49.3 Å². The number of hydrogen-bond acceptors (Lipinski definition) is 5. The summed E-state index contributed by atoms with van der Waals surface area (Å²) in [6.07, 6.45) is 0. The van der Waals surface area contributed by atoms with Gasteiger partial charge in [0.25, 0.3) is 0 Å². The van der Waals surface area contributed by atoms with Crippen LogP contribution < -0.4 is 0 Å². The van der Waals surface area contributed by atoms with E-state index >= 15 is 0 Å². The van der Waals surface area contributed by atoms with Crippen LogP contribution in [0.3, 0.4) is 0 Å². The first kappa shape index (κ1) is 50.7. The molecule has 0 amide bonds. The van der Waals surface area contributed by atoms with E-state index in [0.29, 0.717) is 51.0 Å². The van der Waals surface area contributed by atoms with E-state index in [4.69, 9.17) is 21.5 Å². The smallest absolute Gasteiger partial charge is 0.189 e. The van der Waals surface area contributed by atoms with Gasteiger partial charge in [0.05, 0.1) is 57.7 Å². The first-order valence-electron chi connectivity index (χ1n) is 28.3. The molecule has 0 aliphatic rings. The fourth-order valence-electron chi connectivity index (χ4n) is 12.1. The lowest BCUT2D eigenvalue weighted by atomic mass is 9.98. The molecule has 12 aromatic carbocycles. The van der Waals surface area contributed by atoms with Gasteiger partial charge >= 0.3 is 0 Å². The second-order valence-electron chi connectivity index (χ2n) is 21.3. The van der Waals surface area contributed by atoms with Gasteiger partial charge in [-0.3, -0.25) is 0 Å². The maximum absolute atomic E-state index is 10.8. The van der Waals surface area contributed by atoms with Gasteiger partial charge in [0, 0.05) is 43.8 Å². The van der Waals surface area contributed by atoms with Gasteiger partial charge in [0.1, 0.15) is 0 Å². The molecule has 3 heterocycles. The van der Waals surface area contributed by atoms with Crippen LogP contribution in [-0.4, -0.2) is 24.1 Å². The monoisotopic (exact) mass is 1090 g/mol. The highest BCUT2D eigenvalue weighted by Gasteiger charge is 2.25. The Labute approximate surface area is 496 Å². The van der Waals surface area contributed by atoms with E-state index in [0.717, 1.165) is 111 Å². The third-order valence-electron chi connectivity index (χ3n) is 16.2. The average molecular weight is 1100 g/mol. The molecular weight excluding hydrogens is 1050 g/mol. The summed E-state index contributed by atoms with van der Waals surface area (Å²) in [5.74, 6) is 1.17. The van der Waals surface area contributed by atoms with E-state index in [-0.39, 0.29) is 0 Å². The van der Waals surface area contributed by atoms with Crippen LogP contribution in [0.25, 0.3) is 150 Å². The minimum atomic E-state index is 0.354. The highest BCUT2D eigenvalue weighted by molar-refractivity contribution is 6.13. The van der Waals surface area contributed by atoms with Crippen LogP contribution in [-0.2, 0) is 0 Å². The number of nitriles is 2. The van der Waals surface area contributed by atoms with E-state index < -0.39 is 0 Å². The van der Waals surface area contributed by atoms with Gasteiger partial charge in [-0.25, -0.2) is 19.8 Å². The van der Waals surface area contributed by atoms with Crippen LogP contribution in [0.1, 0.15) is 11.1 Å². The zero-order valence-corrected chi connectivity index (χ0v) is 46.1. The first-order chi connectivity index (χ1) is 42.5. The zero-order valence-electron chi connectivity index (χ0n) is 46.1. The fourth-order valence-corrected chi connectivity index (χ4v) is 12.1. The summed E-state index contributed by atoms with van der Waals surface area (Å²) in [7, 11) is 0. The summed E-state index contributed by atoms with van der Waals surface area (Å²) in [4.78, 5) is 20.2. The van der Waals surface area contributed by atoms with E-state index in [1.54, 1.807) is 6.07 Å². The summed E-state index contributed by atoms with van der Waals surface area (Å²) in [6, 6.07) is 100. The van der Waals surface area contributed by atoms with Crippen LogP contribution in [0.4, 0.5) is 5.69 Å². The lowest BCUT2D eigenvalue weighted by Crippen LogP contribution is -2.06. The standard InChI is InChI=1S/C78H46N8/c1-81-63-40-51(49-80)39-62(42-63)61-32-38-75(86-72-36-30-59(54-21-11-4-12-22-54)45-66(72)67-46-60(31-37-73(67)86)55-23-13-5-14-24-55)69(47-61)78-83-76(56-25-15-6-16-26-56)82-77(84-78)68-41-50(48-79)27-33-74(68)85-70-34-28-57(52-17-7-2-8-18-52)43-64(70)65-44-58(29-35-71(65)85)53-19-9-3-10-20-53/h2-47H. The van der Waals surface area contributed by atoms with Crippen LogP contribution in [0.2, 0.25) is 0 Å². The Morgan fingerprint density at radius 2 is 0.640 bits per heavy atom. The van der Waals surface area contributed by atoms with Gasteiger partial charge in [-0.2, -0.15) is 10.5 Å². The highest BCUT2D eigenvalue weighted by Crippen LogP contribution is 2.44. The van der Waals surface area contributed by atoms with Crippen molar-refractivity contribution in [2.75, 3.05) is 0 Å². The van der Waals surface area contributed by atoms with Gasteiger partial charge < -0.3 is 9.13 Å². The number of rotatable bonds is 10. The van der Waals surface area contributed by atoms with E-state index in [1.165, 1.54) is 0 Å². The van der Waals surface area contributed by atoms with Crippen LogP contribution in [0.15, 0.2) is 279 Å². The van der Waals surface area contributed by atoms with Crippen LogP contribution in [0, 0.1) is 29.2 Å². The molecular formula is C78H46N8. The minimum Gasteiger partial charge on any atom is -0.308 e. The fraction of sp³-hybridized carbons (Fsp3) is 0. The molecule has 0 fully saturated rings. The van der Waals surface area contributed by atoms with E-state index in [9.17, 15) is 10.5 Å². The number of aromatic nitrogens is 5. The molecule has 0 atom stereocenters. The summed E-state index contributed by atoms with van der Waals surface area (Å²) in [5.41, 5.74) is 19.0. The summed E-state index contributed by atoms with van der Waals surface area (Å²) in [6.45, 7) is 8.02. The Balaban J connectivity index is 1.01. The Morgan fingerprint density at radius 1 is 0.291 bits per heavy atom. The number of fused-ring (bicyclic) bond motifs is 6. The molecule has 0 aliphatic carbocycles. The molecule has 8 nitrogen and oxygen atoms in total. The van der Waals surface area contributed by atoms with Gasteiger partial charge in [-0.05, 0) is 153 Å². The molecule has 0 bridgehead atoms. The van der Waals surface area contributed by atoms with Crippen molar-refractivity contribution in [3.63, 3.8) is 0 Å². The normalized spacial score (nSPS) is 11.2. The Bertz CT molecular complexity index is 5070. The largest absolute Gasteiger partial charge is 0.308 e.